The van der Waals surface area contributed by atoms with Crippen LogP contribution in [0.2, 0.25) is 0 Å². The lowest BCUT2D eigenvalue weighted by Gasteiger charge is -2.36. The molecule has 3 atom stereocenters. The standard InChI is InChI=1S/C10H14N4O4S/c11-9-12-1-6-8(13-9)14(4-19-6)10(17)3-18-5(2-15)7(10)16/h1,5,7,15-17H,2-4H2,(H2,11,12,13)/t5-,7-,10-/m1/s1. The molecule has 0 bridgehead atoms. The Kier molecular flexibility index (Phi) is 3.02. The van der Waals surface area contributed by atoms with Gasteiger partial charge in [-0.3, -0.25) is 0 Å². The van der Waals surface area contributed by atoms with Gasteiger partial charge in [-0.1, -0.05) is 11.8 Å². The van der Waals surface area contributed by atoms with Gasteiger partial charge >= 0.3 is 0 Å². The zero-order valence-corrected chi connectivity index (χ0v) is 10.7. The van der Waals surface area contributed by atoms with Crippen molar-refractivity contribution in [3.8, 4) is 0 Å². The quantitative estimate of drug-likeness (QED) is 0.507. The molecular formula is C10H14N4O4S. The first-order valence-corrected chi connectivity index (χ1v) is 6.70. The van der Waals surface area contributed by atoms with Crippen molar-refractivity contribution < 1.29 is 20.1 Å². The second kappa shape index (κ2) is 4.46. The summed E-state index contributed by atoms with van der Waals surface area (Å²) in [6, 6.07) is 0. The molecule has 1 fully saturated rings. The van der Waals surface area contributed by atoms with Gasteiger partial charge in [0.05, 0.1) is 24.0 Å². The predicted octanol–water partition coefficient (Wildman–Crippen LogP) is -1.63. The number of aliphatic hydroxyl groups is 3. The van der Waals surface area contributed by atoms with Crippen molar-refractivity contribution in [3.63, 3.8) is 0 Å². The molecule has 3 rings (SSSR count). The molecule has 19 heavy (non-hydrogen) atoms. The second-order valence-corrected chi connectivity index (χ2v) is 5.46. The van der Waals surface area contributed by atoms with Crippen LogP contribution in [0.1, 0.15) is 0 Å². The minimum absolute atomic E-state index is 0.0990. The first-order valence-electron chi connectivity index (χ1n) is 5.72. The van der Waals surface area contributed by atoms with Gasteiger partial charge in [-0.05, 0) is 0 Å². The number of thioether (sulfide) groups is 1. The number of aliphatic hydroxyl groups excluding tert-OH is 2. The smallest absolute Gasteiger partial charge is 0.222 e. The zero-order valence-electron chi connectivity index (χ0n) is 9.93. The van der Waals surface area contributed by atoms with Crippen molar-refractivity contribution in [2.24, 2.45) is 0 Å². The number of nitrogens with two attached hydrogens (primary N) is 1. The van der Waals surface area contributed by atoms with Crippen molar-refractivity contribution in [1.29, 1.82) is 0 Å². The fraction of sp³-hybridized carbons (Fsp3) is 0.600. The van der Waals surface area contributed by atoms with E-state index in [-0.39, 0.29) is 19.2 Å². The Bertz CT molecular complexity index is 504. The molecule has 1 saturated heterocycles. The summed E-state index contributed by atoms with van der Waals surface area (Å²) < 4.78 is 5.21. The molecule has 0 aliphatic carbocycles. The van der Waals surface area contributed by atoms with Gasteiger partial charge in [0.1, 0.15) is 12.2 Å². The molecule has 5 N–H and O–H groups in total. The van der Waals surface area contributed by atoms with Gasteiger partial charge in [0.25, 0.3) is 0 Å². The molecule has 0 aromatic carbocycles. The van der Waals surface area contributed by atoms with Crippen LogP contribution in [0.3, 0.4) is 0 Å². The summed E-state index contributed by atoms with van der Waals surface area (Å²) in [6.07, 6.45) is -0.448. The average molecular weight is 286 g/mol. The van der Waals surface area contributed by atoms with Gasteiger partial charge in [-0.15, -0.1) is 0 Å². The maximum Gasteiger partial charge on any atom is 0.222 e. The maximum absolute atomic E-state index is 10.6. The summed E-state index contributed by atoms with van der Waals surface area (Å²) in [6.45, 7) is -0.466. The molecule has 3 heterocycles. The number of rotatable bonds is 2. The largest absolute Gasteiger partial charge is 0.394 e. The van der Waals surface area contributed by atoms with E-state index >= 15 is 0 Å². The molecular weight excluding hydrogens is 272 g/mol. The number of anilines is 2. The molecule has 2 aliphatic rings. The van der Waals surface area contributed by atoms with Crippen LogP contribution in [0.5, 0.6) is 0 Å². The minimum atomic E-state index is -1.62. The van der Waals surface area contributed by atoms with E-state index in [2.05, 4.69) is 9.97 Å². The lowest BCUT2D eigenvalue weighted by molar-refractivity contribution is -0.0546. The van der Waals surface area contributed by atoms with Gasteiger partial charge in [-0.2, -0.15) is 4.98 Å². The van der Waals surface area contributed by atoms with Crippen molar-refractivity contribution in [3.05, 3.63) is 6.20 Å². The topological polar surface area (TPSA) is 125 Å². The summed E-state index contributed by atoms with van der Waals surface area (Å²) in [7, 11) is 0. The molecule has 0 unspecified atom stereocenters. The highest BCUT2D eigenvalue weighted by Gasteiger charge is 2.53. The Balaban J connectivity index is 1.95. The molecule has 0 radical (unpaired) electrons. The maximum atomic E-state index is 10.6. The van der Waals surface area contributed by atoms with Crippen LogP contribution < -0.4 is 10.6 Å². The Labute approximate surface area is 113 Å². The van der Waals surface area contributed by atoms with Gasteiger partial charge in [-0.25, -0.2) is 4.98 Å². The van der Waals surface area contributed by atoms with Crippen LogP contribution in [0.15, 0.2) is 11.1 Å². The molecule has 9 heteroatoms. The predicted molar refractivity (Wildman–Crippen MR) is 67.4 cm³/mol. The normalized spacial score (nSPS) is 33.7. The van der Waals surface area contributed by atoms with E-state index in [1.165, 1.54) is 16.7 Å². The molecule has 1 aromatic rings. The zero-order chi connectivity index (χ0) is 13.6. The van der Waals surface area contributed by atoms with E-state index < -0.39 is 17.9 Å². The van der Waals surface area contributed by atoms with Gasteiger partial charge in [0.2, 0.25) is 5.95 Å². The van der Waals surface area contributed by atoms with E-state index in [1.807, 2.05) is 0 Å². The minimum Gasteiger partial charge on any atom is -0.394 e. The lowest BCUT2D eigenvalue weighted by Crippen LogP contribution is -2.57. The number of fused-ring (bicyclic) bond motifs is 1. The summed E-state index contributed by atoms with van der Waals surface area (Å²) in [5.74, 6) is 0.978. The third-order valence-electron chi connectivity index (χ3n) is 3.34. The number of ether oxygens (including phenoxy) is 1. The van der Waals surface area contributed by atoms with E-state index in [4.69, 9.17) is 15.6 Å². The molecule has 2 aliphatic heterocycles. The molecule has 8 nitrogen and oxygen atoms in total. The molecule has 1 aromatic heterocycles. The fourth-order valence-electron chi connectivity index (χ4n) is 2.25. The first-order chi connectivity index (χ1) is 9.06. The van der Waals surface area contributed by atoms with Crippen LogP contribution in [-0.4, -0.2) is 62.3 Å². The third kappa shape index (κ3) is 1.85. The highest BCUT2D eigenvalue weighted by Crippen LogP contribution is 2.43. The van der Waals surface area contributed by atoms with E-state index in [1.54, 1.807) is 6.20 Å². The molecule has 0 spiro atoms. The first kappa shape index (κ1) is 12.9. The molecule has 104 valence electrons. The monoisotopic (exact) mass is 286 g/mol. The van der Waals surface area contributed by atoms with Crippen LogP contribution in [-0.2, 0) is 4.74 Å². The molecule has 0 saturated carbocycles. The van der Waals surface area contributed by atoms with Crippen molar-refractivity contribution in [1.82, 2.24) is 9.97 Å². The third-order valence-corrected chi connectivity index (χ3v) is 4.33. The van der Waals surface area contributed by atoms with Crippen molar-refractivity contribution >= 4 is 23.5 Å². The van der Waals surface area contributed by atoms with E-state index in [0.717, 1.165) is 4.90 Å². The van der Waals surface area contributed by atoms with Gasteiger partial charge in [0, 0.05) is 6.20 Å². The van der Waals surface area contributed by atoms with Crippen molar-refractivity contribution in [2.75, 3.05) is 29.7 Å². The van der Waals surface area contributed by atoms with E-state index in [9.17, 15) is 10.2 Å². The SMILES string of the molecule is Nc1ncc2c(n1)N([C@@]1(O)CO[C@H](CO)[C@H]1O)CS2. The number of hydrogen-bond acceptors (Lipinski definition) is 9. The highest BCUT2D eigenvalue weighted by atomic mass is 32.2. The number of nitrogens with zero attached hydrogens (tertiary/aromatic N) is 3. The number of hydrogen-bond donors (Lipinski definition) is 4. The van der Waals surface area contributed by atoms with E-state index in [0.29, 0.717) is 11.7 Å². The van der Waals surface area contributed by atoms with Gasteiger partial charge < -0.3 is 30.7 Å². The number of aromatic nitrogens is 2. The summed E-state index contributed by atoms with van der Waals surface area (Å²) >= 11 is 1.44. The van der Waals surface area contributed by atoms with Gasteiger partial charge in [0.15, 0.2) is 11.5 Å². The Morgan fingerprint density at radius 1 is 1.63 bits per heavy atom. The van der Waals surface area contributed by atoms with Crippen LogP contribution >= 0.6 is 11.8 Å². The second-order valence-electron chi connectivity index (χ2n) is 4.47. The Morgan fingerprint density at radius 3 is 3.11 bits per heavy atom. The van der Waals surface area contributed by atoms with Crippen LogP contribution in [0.25, 0.3) is 0 Å². The average Bonchev–Trinajstić information content (AvgIpc) is 2.93. The Morgan fingerprint density at radius 2 is 2.42 bits per heavy atom. The lowest BCUT2D eigenvalue weighted by atomic mass is 10.0. The van der Waals surface area contributed by atoms with Crippen molar-refractivity contribution in [2.45, 2.75) is 22.8 Å². The Hall–Kier alpha value is -1.13. The number of nitrogen functional groups attached to an aromatic ring is 1. The molecule has 0 amide bonds. The van der Waals surface area contributed by atoms with Crippen LogP contribution in [0, 0.1) is 0 Å². The summed E-state index contributed by atoms with van der Waals surface area (Å²) in [5.41, 5.74) is 3.93. The fourth-order valence-corrected chi connectivity index (χ4v) is 3.28. The summed E-state index contributed by atoms with van der Waals surface area (Å²) in [4.78, 5) is 10.3. The summed E-state index contributed by atoms with van der Waals surface area (Å²) in [5, 5.41) is 29.8. The van der Waals surface area contributed by atoms with Crippen LogP contribution in [0.4, 0.5) is 11.8 Å². The highest BCUT2D eigenvalue weighted by molar-refractivity contribution is 7.99.